The largest absolute Gasteiger partial charge is 0.361 e. The second-order valence-corrected chi connectivity index (χ2v) is 6.40. The van der Waals surface area contributed by atoms with Crippen LogP contribution in [0.15, 0.2) is 59.7 Å². The van der Waals surface area contributed by atoms with Crippen molar-refractivity contribution in [3.63, 3.8) is 0 Å². The van der Waals surface area contributed by atoms with Gasteiger partial charge >= 0.3 is 0 Å². The third kappa shape index (κ3) is 2.42. The summed E-state index contributed by atoms with van der Waals surface area (Å²) in [6.45, 7) is 4.22. The molecule has 23 heavy (non-hydrogen) atoms. The number of aromatic amines is 1. The van der Waals surface area contributed by atoms with E-state index >= 15 is 0 Å². The molecule has 1 aliphatic heterocycles. The van der Waals surface area contributed by atoms with Crippen molar-refractivity contribution in [3.8, 4) is 0 Å². The Morgan fingerprint density at radius 3 is 2.78 bits per heavy atom. The Labute approximate surface area is 136 Å². The smallest absolute Gasteiger partial charge is 0.0903 e. The Morgan fingerprint density at radius 2 is 1.91 bits per heavy atom. The van der Waals surface area contributed by atoms with Gasteiger partial charge in [-0.3, -0.25) is 4.99 Å². The van der Waals surface area contributed by atoms with Gasteiger partial charge < -0.3 is 9.88 Å². The Kier molecular flexibility index (Phi) is 3.41. The third-order valence-corrected chi connectivity index (χ3v) is 4.49. The summed E-state index contributed by atoms with van der Waals surface area (Å²) < 4.78 is 0. The van der Waals surface area contributed by atoms with Crippen LogP contribution < -0.4 is 4.90 Å². The van der Waals surface area contributed by atoms with Crippen LogP contribution in [0.25, 0.3) is 10.9 Å². The molecule has 116 valence electrons. The molecule has 0 amide bonds. The minimum atomic E-state index is 0.297. The average molecular weight is 303 g/mol. The highest BCUT2D eigenvalue weighted by molar-refractivity contribution is 5.89. The topological polar surface area (TPSA) is 31.4 Å². The number of benzene rings is 2. The summed E-state index contributed by atoms with van der Waals surface area (Å²) in [5.74, 6) is 0. The molecule has 0 saturated carbocycles. The first-order valence-corrected chi connectivity index (χ1v) is 8.19. The van der Waals surface area contributed by atoms with Crippen LogP contribution in [0.5, 0.6) is 0 Å². The highest BCUT2D eigenvalue weighted by Gasteiger charge is 2.30. The van der Waals surface area contributed by atoms with Crippen molar-refractivity contribution in [2.75, 3.05) is 4.90 Å². The number of aromatic nitrogens is 1. The SMILES string of the molecule is CC(C)N=CN1c2ccccc2CC1c1c[nH]c2ccccc12. The number of anilines is 1. The Morgan fingerprint density at radius 1 is 1.13 bits per heavy atom. The van der Waals surface area contributed by atoms with E-state index in [-0.39, 0.29) is 0 Å². The summed E-state index contributed by atoms with van der Waals surface area (Å²) in [7, 11) is 0. The Hall–Kier alpha value is -2.55. The fourth-order valence-corrected chi connectivity index (χ4v) is 3.39. The molecule has 1 atom stereocenters. The first kappa shape index (κ1) is 14.1. The first-order chi connectivity index (χ1) is 11.2. The molecule has 0 saturated heterocycles. The van der Waals surface area contributed by atoms with Crippen LogP contribution in [0.2, 0.25) is 0 Å². The molecule has 0 fully saturated rings. The lowest BCUT2D eigenvalue weighted by atomic mass is 10.0. The maximum atomic E-state index is 4.64. The van der Waals surface area contributed by atoms with Crippen molar-refractivity contribution in [2.24, 2.45) is 4.99 Å². The van der Waals surface area contributed by atoms with E-state index in [0.29, 0.717) is 12.1 Å². The number of nitrogens with one attached hydrogen (secondary N) is 1. The van der Waals surface area contributed by atoms with Crippen molar-refractivity contribution in [1.82, 2.24) is 4.98 Å². The van der Waals surface area contributed by atoms with Crippen LogP contribution >= 0.6 is 0 Å². The van der Waals surface area contributed by atoms with Gasteiger partial charge in [0.15, 0.2) is 0 Å². The minimum Gasteiger partial charge on any atom is -0.361 e. The molecule has 3 nitrogen and oxygen atoms in total. The Balaban J connectivity index is 1.81. The molecular weight excluding hydrogens is 282 g/mol. The monoisotopic (exact) mass is 303 g/mol. The summed E-state index contributed by atoms with van der Waals surface area (Å²) in [4.78, 5) is 10.4. The van der Waals surface area contributed by atoms with Gasteiger partial charge in [-0.15, -0.1) is 0 Å². The molecule has 0 spiro atoms. The molecular formula is C20H21N3. The molecule has 0 radical (unpaired) electrons. The quantitative estimate of drug-likeness (QED) is 0.551. The van der Waals surface area contributed by atoms with Crippen molar-refractivity contribution >= 4 is 22.9 Å². The van der Waals surface area contributed by atoms with Gasteiger partial charge in [-0.1, -0.05) is 36.4 Å². The van der Waals surface area contributed by atoms with E-state index < -0.39 is 0 Å². The van der Waals surface area contributed by atoms with Crippen molar-refractivity contribution < 1.29 is 0 Å². The van der Waals surface area contributed by atoms with Crippen molar-refractivity contribution in [2.45, 2.75) is 32.4 Å². The molecule has 3 aromatic rings. The van der Waals surface area contributed by atoms with Gasteiger partial charge in [0.2, 0.25) is 0 Å². The number of hydrogen-bond acceptors (Lipinski definition) is 1. The first-order valence-electron chi connectivity index (χ1n) is 8.19. The molecule has 2 heterocycles. The normalized spacial score (nSPS) is 17.5. The van der Waals surface area contributed by atoms with Gasteiger partial charge in [-0.05, 0) is 38.0 Å². The number of H-pyrrole nitrogens is 1. The maximum absolute atomic E-state index is 4.64. The summed E-state index contributed by atoms with van der Waals surface area (Å²) in [5, 5.41) is 1.30. The standard InChI is InChI=1S/C20H21N3/c1-14(2)22-13-23-19-10-6-3-7-15(19)11-20(23)17-12-21-18-9-5-4-8-16(17)18/h3-10,12-14,20-21H,11H2,1-2H3. The lowest BCUT2D eigenvalue weighted by Crippen LogP contribution is -2.23. The number of rotatable bonds is 3. The summed E-state index contributed by atoms with van der Waals surface area (Å²) in [6.07, 6.45) is 5.18. The summed E-state index contributed by atoms with van der Waals surface area (Å²) in [6, 6.07) is 17.7. The summed E-state index contributed by atoms with van der Waals surface area (Å²) in [5.41, 5.74) is 5.19. The molecule has 2 aromatic carbocycles. The van der Waals surface area contributed by atoms with Crippen LogP contribution in [0.4, 0.5) is 5.69 Å². The van der Waals surface area contributed by atoms with Crippen LogP contribution in [0, 0.1) is 0 Å². The highest BCUT2D eigenvalue weighted by Crippen LogP contribution is 2.41. The zero-order valence-corrected chi connectivity index (χ0v) is 13.5. The van der Waals surface area contributed by atoms with E-state index in [1.165, 1.54) is 27.7 Å². The van der Waals surface area contributed by atoms with Crippen LogP contribution in [-0.4, -0.2) is 17.4 Å². The molecule has 3 heteroatoms. The lowest BCUT2D eigenvalue weighted by molar-refractivity contribution is 0.759. The molecule has 0 aliphatic carbocycles. The average Bonchev–Trinajstić information content (AvgIpc) is 3.14. The van der Waals surface area contributed by atoms with E-state index in [1.807, 2.05) is 6.34 Å². The van der Waals surface area contributed by atoms with Gasteiger partial charge in [0.25, 0.3) is 0 Å². The number of hydrogen-bond donors (Lipinski definition) is 1. The molecule has 1 unspecified atom stereocenters. The van der Waals surface area contributed by atoms with Gasteiger partial charge in [-0.25, -0.2) is 0 Å². The van der Waals surface area contributed by atoms with Crippen LogP contribution in [-0.2, 0) is 6.42 Å². The van der Waals surface area contributed by atoms with E-state index in [4.69, 9.17) is 0 Å². The van der Waals surface area contributed by atoms with Crippen molar-refractivity contribution in [3.05, 3.63) is 65.9 Å². The fraction of sp³-hybridized carbons (Fsp3) is 0.250. The van der Waals surface area contributed by atoms with E-state index in [1.54, 1.807) is 0 Å². The van der Waals surface area contributed by atoms with Gasteiger partial charge in [0.1, 0.15) is 0 Å². The predicted octanol–water partition coefficient (Wildman–Crippen LogP) is 4.71. The van der Waals surface area contributed by atoms with E-state index in [9.17, 15) is 0 Å². The predicted molar refractivity (Wildman–Crippen MR) is 97.3 cm³/mol. The fourth-order valence-electron chi connectivity index (χ4n) is 3.39. The number of aliphatic imine (C=N–C) groups is 1. The van der Waals surface area contributed by atoms with E-state index in [2.05, 4.69) is 83.5 Å². The second-order valence-electron chi connectivity index (χ2n) is 6.40. The van der Waals surface area contributed by atoms with Gasteiger partial charge in [-0.2, -0.15) is 0 Å². The number of para-hydroxylation sites is 2. The highest BCUT2D eigenvalue weighted by atomic mass is 15.2. The lowest BCUT2D eigenvalue weighted by Gasteiger charge is -2.23. The van der Waals surface area contributed by atoms with E-state index in [0.717, 1.165) is 6.42 Å². The second kappa shape index (κ2) is 5.58. The maximum Gasteiger partial charge on any atom is 0.0903 e. The zero-order chi connectivity index (χ0) is 15.8. The molecule has 1 aliphatic rings. The minimum absolute atomic E-state index is 0.297. The van der Waals surface area contributed by atoms with Gasteiger partial charge in [0.05, 0.1) is 12.4 Å². The van der Waals surface area contributed by atoms with Crippen LogP contribution in [0.3, 0.4) is 0 Å². The molecule has 1 N–H and O–H groups in total. The van der Waals surface area contributed by atoms with Gasteiger partial charge in [0, 0.05) is 34.4 Å². The summed E-state index contributed by atoms with van der Waals surface area (Å²) >= 11 is 0. The molecule has 1 aromatic heterocycles. The Bertz CT molecular complexity index is 860. The zero-order valence-electron chi connectivity index (χ0n) is 13.5. The van der Waals surface area contributed by atoms with Crippen LogP contribution in [0.1, 0.15) is 31.0 Å². The third-order valence-electron chi connectivity index (χ3n) is 4.49. The number of fused-ring (bicyclic) bond motifs is 2. The number of nitrogens with zero attached hydrogens (tertiary/aromatic N) is 2. The molecule has 4 rings (SSSR count). The molecule has 0 bridgehead atoms. The van der Waals surface area contributed by atoms with Crippen molar-refractivity contribution in [1.29, 1.82) is 0 Å².